The highest BCUT2D eigenvalue weighted by Crippen LogP contribution is 2.36. The average Bonchev–Trinajstić information content (AvgIpc) is 3.26. The summed E-state index contributed by atoms with van der Waals surface area (Å²) < 4.78 is 5.09. The molecule has 0 bridgehead atoms. The maximum atomic E-state index is 13.1. The van der Waals surface area contributed by atoms with Crippen LogP contribution >= 0.6 is 0 Å². The zero-order valence-corrected chi connectivity index (χ0v) is 22.1. The van der Waals surface area contributed by atoms with Crippen molar-refractivity contribution in [3.8, 4) is 6.07 Å². The number of hydrogen-bond donors (Lipinski definition) is 2. The summed E-state index contributed by atoms with van der Waals surface area (Å²) in [5.41, 5.74) is 5.14. The summed E-state index contributed by atoms with van der Waals surface area (Å²) in [7, 11) is 1.80. The van der Waals surface area contributed by atoms with Gasteiger partial charge in [0.2, 0.25) is 0 Å². The van der Waals surface area contributed by atoms with Gasteiger partial charge >= 0.3 is 0 Å². The van der Waals surface area contributed by atoms with E-state index in [-0.39, 0.29) is 23.9 Å². The number of hydrogen-bond acceptors (Lipinski definition) is 7. The number of rotatable bonds is 6. The molecule has 2 N–H and O–H groups in total. The standard InChI is InChI=1S/C30H30N6O3/c1-18-27(19(2)39-35-18)29(37)34-21-12-13-25(20(16-21)17-31)32-14-15-33-28-22-8-4-5-9-23(22)30(38)36(3)26-11-7-6-10-24(26)28/h4-13,20-21,28,33H,14-16H2,1-3H3,(H,34,37). The lowest BCUT2D eigenvalue weighted by Gasteiger charge is -2.23. The number of nitrogens with zero attached hydrogens (tertiary/aromatic N) is 4. The smallest absolute Gasteiger partial charge is 0.258 e. The quantitative estimate of drug-likeness (QED) is 0.473. The monoisotopic (exact) mass is 522 g/mol. The summed E-state index contributed by atoms with van der Waals surface area (Å²) in [6.07, 6.45) is 4.13. The molecule has 1 aliphatic heterocycles. The number of aliphatic imine (C=N–C) groups is 1. The number of benzene rings is 2. The number of nitrogens with one attached hydrogen (secondary N) is 2. The molecule has 2 aliphatic rings. The van der Waals surface area contributed by atoms with Gasteiger partial charge in [-0.05, 0) is 49.6 Å². The highest BCUT2D eigenvalue weighted by Gasteiger charge is 2.30. The Bertz CT molecular complexity index is 1500. The van der Waals surface area contributed by atoms with E-state index in [0.29, 0.717) is 47.8 Å². The molecular weight excluding hydrogens is 492 g/mol. The molecule has 3 atom stereocenters. The van der Waals surface area contributed by atoms with Crippen molar-refractivity contribution in [1.82, 2.24) is 15.8 Å². The molecule has 0 fully saturated rings. The van der Waals surface area contributed by atoms with Crippen LogP contribution in [0, 0.1) is 31.1 Å². The first-order chi connectivity index (χ1) is 18.9. The van der Waals surface area contributed by atoms with Crippen molar-refractivity contribution in [3.63, 3.8) is 0 Å². The van der Waals surface area contributed by atoms with Gasteiger partial charge in [-0.1, -0.05) is 47.6 Å². The van der Waals surface area contributed by atoms with Crippen LogP contribution in [0.1, 0.15) is 55.8 Å². The summed E-state index contributed by atoms with van der Waals surface area (Å²) in [5, 5.41) is 20.2. The summed E-state index contributed by atoms with van der Waals surface area (Å²) >= 11 is 0. The molecule has 198 valence electrons. The van der Waals surface area contributed by atoms with Gasteiger partial charge in [0.25, 0.3) is 11.8 Å². The molecule has 2 amide bonds. The maximum Gasteiger partial charge on any atom is 0.258 e. The molecule has 0 spiro atoms. The molecule has 1 aliphatic carbocycles. The van der Waals surface area contributed by atoms with Gasteiger partial charge in [-0.3, -0.25) is 14.6 Å². The van der Waals surface area contributed by atoms with E-state index in [4.69, 9.17) is 9.52 Å². The van der Waals surface area contributed by atoms with E-state index in [1.54, 1.807) is 25.8 Å². The molecule has 3 aromatic rings. The second kappa shape index (κ2) is 11.1. The summed E-state index contributed by atoms with van der Waals surface area (Å²) in [4.78, 5) is 32.3. The number of anilines is 1. The fourth-order valence-electron chi connectivity index (χ4n) is 5.27. The number of allylic oxidation sites excluding steroid dienone is 1. The fourth-order valence-corrected chi connectivity index (χ4v) is 5.27. The Morgan fingerprint density at radius 1 is 1.18 bits per heavy atom. The minimum Gasteiger partial charge on any atom is -0.361 e. The highest BCUT2D eigenvalue weighted by molar-refractivity contribution is 6.08. The van der Waals surface area contributed by atoms with E-state index >= 15 is 0 Å². The van der Waals surface area contributed by atoms with Crippen LogP contribution in [0.15, 0.2) is 70.2 Å². The number of carbonyl (C=O) groups is 2. The van der Waals surface area contributed by atoms with Crippen LogP contribution in [0.25, 0.3) is 0 Å². The lowest BCUT2D eigenvalue weighted by atomic mass is 9.90. The predicted octanol–water partition coefficient (Wildman–Crippen LogP) is 3.90. The van der Waals surface area contributed by atoms with Crippen LogP contribution in [-0.2, 0) is 0 Å². The number of carbonyl (C=O) groups excluding carboxylic acids is 2. The Labute approximate surface area is 227 Å². The molecule has 3 unspecified atom stereocenters. The molecule has 9 heteroatoms. The molecule has 1 aromatic heterocycles. The first kappa shape index (κ1) is 26.1. The zero-order chi connectivity index (χ0) is 27.5. The van der Waals surface area contributed by atoms with E-state index in [9.17, 15) is 14.9 Å². The maximum absolute atomic E-state index is 13.1. The van der Waals surface area contributed by atoms with Gasteiger partial charge < -0.3 is 20.1 Å². The number of aromatic nitrogens is 1. The molecule has 0 saturated heterocycles. The largest absolute Gasteiger partial charge is 0.361 e. The van der Waals surface area contributed by atoms with Crippen LogP contribution in [0.5, 0.6) is 0 Å². The third kappa shape index (κ3) is 5.11. The molecule has 5 rings (SSSR count). The Morgan fingerprint density at radius 3 is 2.67 bits per heavy atom. The number of aryl methyl sites for hydroxylation is 2. The third-order valence-electron chi connectivity index (χ3n) is 7.25. The van der Waals surface area contributed by atoms with Gasteiger partial charge in [-0.15, -0.1) is 0 Å². The van der Waals surface area contributed by atoms with E-state index in [1.165, 1.54) is 0 Å². The van der Waals surface area contributed by atoms with Gasteiger partial charge in [-0.2, -0.15) is 5.26 Å². The number of fused-ring (bicyclic) bond motifs is 2. The van der Waals surface area contributed by atoms with E-state index < -0.39 is 5.92 Å². The van der Waals surface area contributed by atoms with Crippen molar-refractivity contribution in [2.75, 3.05) is 25.0 Å². The minimum absolute atomic E-state index is 0.0391. The molecule has 2 aromatic carbocycles. The number of amides is 2. The first-order valence-electron chi connectivity index (χ1n) is 12.9. The van der Waals surface area contributed by atoms with Crippen molar-refractivity contribution in [2.24, 2.45) is 10.9 Å². The molecule has 2 heterocycles. The highest BCUT2D eigenvalue weighted by atomic mass is 16.5. The van der Waals surface area contributed by atoms with Gasteiger partial charge in [0, 0.05) is 30.9 Å². The molecule has 0 saturated carbocycles. The minimum atomic E-state index is -0.435. The average molecular weight is 523 g/mol. The first-order valence-corrected chi connectivity index (χ1v) is 12.9. The van der Waals surface area contributed by atoms with Crippen molar-refractivity contribution >= 4 is 23.2 Å². The van der Waals surface area contributed by atoms with E-state index in [1.807, 2.05) is 60.7 Å². The van der Waals surface area contributed by atoms with E-state index in [2.05, 4.69) is 21.9 Å². The van der Waals surface area contributed by atoms with Crippen molar-refractivity contribution in [1.29, 1.82) is 5.26 Å². The summed E-state index contributed by atoms with van der Waals surface area (Å²) in [5.74, 6) is -0.278. The van der Waals surface area contributed by atoms with Gasteiger partial charge in [0.05, 0.1) is 36.0 Å². The van der Waals surface area contributed by atoms with Gasteiger partial charge in [0.15, 0.2) is 0 Å². The normalized spacial score (nSPS) is 21.2. The Balaban J connectivity index is 1.28. The van der Waals surface area contributed by atoms with Crippen molar-refractivity contribution < 1.29 is 14.1 Å². The second-order valence-electron chi connectivity index (χ2n) is 9.76. The SMILES string of the molecule is Cc1noc(C)c1C(=O)NC1C=CC(=NCCNC2c3ccccc3C(=O)N(C)c3ccccc32)C(C#N)C1. The van der Waals surface area contributed by atoms with Crippen molar-refractivity contribution in [3.05, 3.63) is 94.4 Å². The lowest BCUT2D eigenvalue weighted by molar-refractivity contribution is 0.0938. The topological polar surface area (TPSA) is 124 Å². The van der Waals surface area contributed by atoms with Crippen LogP contribution < -0.4 is 15.5 Å². The summed E-state index contributed by atoms with van der Waals surface area (Å²) in [6, 6.07) is 17.4. The zero-order valence-electron chi connectivity index (χ0n) is 22.1. The fraction of sp³-hybridized carbons (Fsp3) is 0.300. The molecule has 0 radical (unpaired) electrons. The predicted molar refractivity (Wildman–Crippen MR) is 148 cm³/mol. The molecular formula is C30H30N6O3. The second-order valence-corrected chi connectivity index (χ2v) is 9.76. The van der Waals surface area contributed by atoms with Gasteiger partial charge in [0.1, 0.15) is 11.3 Å². The number of nitriles is 1. The van der Waals surface area contributed by atoms with E-state index in [0.717, 1.165) is 16.8 Å². The molecule has 39 heavy (non-hydrogen) atoms. The Morgan fingerprint density at radius 2 is 1.92 bits per heavy atom. The molecule has 9 nitrogen and oxygen atoms in total. The third-order valence-corrected chi connectivity index (χ3v) is 7.25. The number of para-hydroxylation sites is 1. The Hall–Kier alpha value is -4.55. The van der Waals surface area contributed by atoms with Crippen LogP contribution in [0.3, 0.4) is 0 Å². The summed E-state index contributed by atoms with van der Waals surface area (Å²) in [6.45, 7) is 4.43. The van der Waals surface area contributed by atoms with Crippen molar-refractivity contribution in [2.45, 2.75) is 32.4 Å². The van der Waals surface area contributed by atoms with Crippen LogP contribution in [0.4, 0.5) is 5.69 Å². The Kier molecular flexibility index (Phi) is 7.39. The van der Waals surface area contributed by atoms with Crippen LogP contribution in [-0.4, -0.2) is 48.9 Å². The van der Waals surface area contributed by atoms with Crippen LogP contribution in [0.2, 0.25) is 0 Å². The van der Waals surface area contributed by atoms with Gasteiger partial charge in [-0.25, -0.2) is 0 Å². The lowest BCUT2D eigenvalue weighted by Crippen LogP contribution is -2.38.